The first-order valence-electron chi connectivity index (χ1n) is 3.92. The summed E-state index contributed by atoms with van der Waals surface area (Å²) in [6.07, 6.45) is 0. The minimum Gasteiger partial charge on any atom is -0.354 e. The van der Waals surface area contributed by atoms with Gasteiger partial charge in [-0.2, -0.15) is 25.5 Å². The van der Waals surface area contributed by atoms with Gasteiger partial charge < -0.3 is 5.32 Å². The second-order valence-corrected chi connectivity index (χ2v) is 3.64. The third-order valence-electron chi connectivity index (χ3n) is 1.20. The normalized spacial score (nSPS) is 9.00. The number of aromatic nitrogens is 3. The Balaban J connectivity index is 2.98. The highest BCUT2D eigenvalue weighted by atomic mass is 32.2. The summed E-state index contributed by atoms with van der Waals surface area (Å²) in [5.41, 5.74) is 0. The molecule has 0 saturated carbocycles. The van der Waals surface area contributed by atoms with E-state index in [1.807, 2.05) is 17.7 Å². The van der Waals surface area contributed by atoms with E-state index >= 15 is 0 Å². The van der Waals surface area contributed by atoms with Crippen molar-refractivity contribution >= 4 is 29.5 Å². The Morgan fingerprint density at radius 2 is 1.67 bits per heavy atom. The lowest BCUT2D eigenvalue weighted by Crippen LogP contribution is -2.04. The molecule has 1 aromatic heterocycles. The molecule has 0 bridgehead atoms. The number of nitriles is 2. The Labute approximate surface area is 95.1 Å². The maximum absolute atomic E-state index is 8.48. The summed E-state index contributed by atoms with van der Waals surface area (Å²) in [4.78, 5) is 11.9. The first-order valence-corrected chi connectivity index (χ1v) is 5.55. The molecule has 15 heavy (non-hydrogen) atoms. The molecule has 0 atom stereocenters. The van der Waals surface area contributed by atoms with Gasteiger partial charge in [0.1, 0.15) is 10.8 Å². The zero-order chi connectivity index (χ0) is 11.1. The number of hydrogen-bond acceptors (Lipinski definition) is 8. The van der Waals surface area contributed by atoms with E-state index in [2.05, 4.69) is 20.3 Å². The summed E-state index contributed by atoms with van der Waals surface area (Å²) in [5, 5.41) is 24.2. The number of anilines is 1. The molecule has 0 amide bonds. The van der Waals surface area contributed by atoms with Crippen molar-refractivity contribution in [3.8, 4) is 10.8 Å². The zero-order valence-electron chi connectivity index (χ0n) is 7.76. The van der Waals surface area contributed by atoms with Gasteiger partial charge in [0.15, 0.2) is 0 Å². The number of thioether (sulfide) groups is 2. The van der Waals surface area contributed by atoms with Gasteiger partial charge in [-0.25, -0.2) is 0 Å². The van der Waals surface area contributed by atoms with E-state index in [-0.39, 0.29) is 0 Å². The fraction of sp³-hybridized carbons (Fsp3) is 0.286. The number of rotatable bonds is 4. The first kappa shape index (κ1) is 11.6. The molecule has 0 radical (unpaired) electrons. The first-order chi connectivity index (χ1) is 7.30. The van der Waals surface area contributed by atoms with Gasteiger partial charge in [-0.3, -0.25) is 0 Å². The fourth-order valence-corrected chi connectivity index (χ4v) is 1.50. The third-order valence-corrected chi connectivity index (χ3v) is 2.12. The standard InChI is InChI=1S/C7H6N6S2/c1-2-10-5-11-6(14-3-8)13-7(12-5)15-4-9/h2H2,1H3,(H,10,11,12,13). The van der Waals surface area contributed by atoms with Crippen LogP contribution in [0.2, 0.25) is 0 Å². The van der Waals surface area contributed by atoms with Crippen molar-refractivity contribution in [3.63, 3.8) is 0 Å². The van der Waals surface area contributed by atoms with Gasteiger partial charge in [0.25, 0.3) is 0 Å². The van der Waals surface area contributed by atoms with Crippen molar-refractivity contribution in [2.75, 3.05) is 11.9 Å². The molecule has 1 N–H and O–H groups in total. The number of nitrogens with one attached hydrogen (secondary N) is 1. The van der Waals surface area contributed by atoms with Gasteiger partial charge in [0.2, 0.25) is 16.3 Å². The third kappa shape index (κ3) is 3.62. The summed E-state index contributed by atoms with van der Waals surface area (Å²) < 4.78 is 0. The molecule has 0 aromatic carbocycles. The van der Waals surface area contributed by atoms with Crippen LogP contribution in [0.25, 0.3) is 0 Å². The second kappa shape index (κ2) is 6.06. The maximum atomic E-state index is 8.48. The van der Waals surface area contributed by atoms with Crippen LogP contribution >= 0.6 is 23.5 Å². The van der Waals surface area contributed by atoms with E-state index < -0.39 is 0 Å². The summed E-state index contributed by atoms with van der Waals surface area (Å²) >= 11 is 1.67. The Morgan fingerprint density at radius 3 is 2.07 bits per heavy atom. The minimum absolute atomic E-state index is 0.293. The Bertz CT molecular complexity index is 386. The van der Waals surface area contributed by atoms with Gasteiger partial charge in [-0.1, -0.05) is 0 Å². The van der Waals surface area contributed by atoms with Crippen molar-refractivity contribution in [3.05, 3.63) is 0 Å². The highest BCUT2D eigenvalue weighted by Crippen LogP contribution is 2.18. The van der Waals surface area contributed by atoms with Crippen LogP contribution in [0.4, 0.5) is 5.95 Å². The predicted molar refractivity (Wildman–Crippen MR) is 56.9 cm³/mol. The highest BCUT2D eigenvalue weighted by Gasteiger charge is 2.06. The number of nitrogens with zero attached hydrogens (tertiary/aromatic N) is 5. The summed E-state index contributed by atoms with van der Waals surface area (Å²) in [6.45, 7) is 2.56. The summed E-state index contributed by atoms with van der Waals surface area (Å²) in [7, 11) is 0. The molecule has 1 rings (SSSR count). The molecule has 0 unspecified atom stereocenters. The van der Waals surface area contributed by atoms with E-state index in [1.165, 1.54) is 0 Å². The molecule has 0 aliphatic heterocycles. The summed E-state index contributed by atoms with van der Waals surface area (Å²) in [5.74, 6) is 0.378. The quantitative estimate of drug-likeness (QED) is 0.621. The molecule has 6 nitrogen and oxygen atoms in total. The lowest BCUT2D eigenvalue weighted by atomic mass is 10.7. The number of thiocyanates is 2. The van der Waals surface area contributed by atoms with Gasteiger partial charge in [0.05, 0.1) is 0 Å². The largest absolute Gasteiger partial charge is 0.354 e. The molecule has 0 aliphatic carbocycles. The second-order valence-electron chi connectivity index (χ2n) is 2.14. The van der Waals surface area contributed by atoms with Crippen molar-refractivity contribution in [1.82, 2.24) is 15.0 Å². The predicted octanol–water partition coefficient (Wildman–Crippen LogP) is 1.45. The smallest absolute Gasteiger partial charge is 0.227 e. The molecule has 1 aromatic rings. The zero-order valence-corrected chi connectivity index (χ0v) is 9.39. The van der Waals surface area contributed by atoms with Gasteiger partial charge in [-0.05, 0) is 6.92 Å². The molecule has 8 heteroatoms. The molecule has 76 valence electrons. The molecule has 0 spiro atoms. The van der Waals surface area contributed by atoms with E-state index in [1.54, 1.807) is 0 Å². The van der Waals surface area contributed by atoms with Crippen LogP contribution in [0.15, 0.2) is 10.3 Å². The molecular weight excluding hydrogens is 232 g/mol. The highest BCUT2D eigenvalue weighted by molar-refractivity contribution is 8.04. The van der Waals surface area contributed by atoms with E-state index in [0.717, 1.165) is 23.5 Å². The van der Waals surface area contributed by atoms with Crippen LogP contribution in [0.1, 0.15) is 6.92 Å². The molecule has 1 heterocycles. The Hall–Kier alpha value is -1.51. The van der Waals surface area contributed by atoms with Crippen molar-refractivity contribution in [1.29, 1.82) is 10.5 Å². The van der Waals surface area contributed by atoms with Crippen LogP contribution in [0, 0.1) is 21.3 Å². The summed E-state index contributed by atoms with van der Waals surface area (Å²) in [6, 6.07) is 0. The van der Waals surface area contributed by atoms with E-state index in [0.29, 0.717) is 22.8 Å². The van der Waals surface area contributed by atoms with Crippen LogP contribution < -0.4 is 5.32 Å². The van der Waals surface area contributed by atoms with Crippen LogP contribution in [-0.2, 0) is 0 Å². The Morgan fingerprint density at radius 1 is 1.13 bits per heavy atom. The molecule has 0 saturated heterocycles. The minimum atomic E-state index is 0.293. The lowest BCUT2D eigenvalue weighted by Gasteiger charge is -2.02. The van der Waals surface area contributed by atoms with Crippen LogP contribution in [0.3, 0.4) is 0 Å². The lowest BCUT2D eigenvalue weighted by molar-refractivity contribution is 0.806. The molecular formula is C7H6N6S2. The Kier molecular flexibility index (Phi) is 4.68. The maximum Gasteiger partial charge on any atom is 0.227 e. The average Bonchev–Trinajstić information content (AvgIpc) is 2.19. The van der Waals surface area contributed by atoms with Gasteiger partial charge in [-0.15, -0.1) is 0 Å². The van der Waals surface area contributed by atoms with E-state index in [9.17, 15) is 0 Å². The molecule has 0 fully saturated rings. The average molecular weight is 238 g/mol. The van der Waals surface area contributed by atoms with Crippen molar-refractivity contribution < 1.29 is 0 Å². The topological polar surface area (TPSA) is 98.3 Å². The van der Waals surface area contributed by atoms with Gasteiger partial charge >= 0.3 is 0 Å². The van der Waals surface area contributed by atoms with Crippen molar-refractivity contribution in [2.45, 2.75) is 17.2 Å². The van der Waals surface area contributed by atoms with Crippen LogP contribution in [-0.4, -0.2) is 21.5 Å². The number of hydrogen-bond donors (Lipinski definition) is 1. The van der Waals surface area contributed by atoms with E-state index in [4.69, 9.17) is 10.5 Å². The SMILES string of the molecule is CCNc1nc(SC#N)nc(SC#N)n1. The van der Waals surface area contributed by atoms with Crippen LogP contribution in [0.5, 0.6) is 0 Å². The molecule has 0 aliphatic rings. The monoisotopic (exact) mass is 238 g/mol. The van der Waals surface area contributed by atoms with Crippen molar-refractivity contribution in [2.24, 2.45) is 0 Å². The fourth-order valence-electron chi connectivity index (χ4n) is 0.748. The van der Waals surface area contributed by atoms with Gasteiger partial charge in [0, 0.05) is 30.1 Å².